The van der Waals surface area contributed by atoms with Gasteiger partial charge in [0, 0.05) is 38.5 Å². The van der Waals surface area contributed by atoms with E-state index in [4.69, 9.17) is 14.2 Å². The van der Waals surface area contributed by atoms with E-state index in [1.165, 1.54) is 11.3 Å². The number of aromatic nitrogens is 2. The molecule has 1 fully saturated rings. The Hall–Kier alpha value is -2.95. The fourth-order valence-corrected chi connectivity index (χ4v) is 4.38. The number of carbonyl (C=O) groups is 1. The van der Waals surface area contributed by atoms with E-state index in [9.17, 15) is 4.79 Å². The Balaban J connectivity index is 1.57. The molecule has 0 aliphatic carbocycles. The average Bonchev–Trinajstić information content (AvgIpc) is 3.23. The normalized spacial score (nSPS) is 13.9. The Morgan fingerprint density at radius 1 is 1.26 bits per heavy atom. The first kappa shape index (κ1) is 21.3. The van der Waals surface area contributed by atoms with Gasteiger partial charge in [0.05, 0.1) is 37.3 Å². The van der Waals surface area contributed by atoms with Crippen molar-refractivity contribution in [1.82, 2.24) is 9.97 Å². The first-order valence-electron chi connectivity index (χ1n) is 10.00. The van der Waals surface area contributed by atoms with Crippen LogP contribution in [0.1, 0.15) is 10.4 Å². The Kier molecular flexibility index (Phi) is 6.80. The molecule has 164 valence electrons. The van der Waals surface area contributed by atoms with Gasteiger partial charge in [-0.1, -0.05) is 11.3 Å². The van der Waals surface area contributed by atoms with E-state index in [1.807, 2.05) is 12.1 Å². The van der Waals surface area contributed by atoms with Gasteiger partial charge in [0.2, 0.25) is 0 Å². The van der Waals surface area contributed by atoms with E-state index in [1.54, 1.807) is 32.5 Å². The summed E-state index contributed by atoms with van der Waals surface area (Å²) in [5, 5.41) is 6.56. The van der Waals surface area contributed by atoms with Gasteiger partial charge in [-0.2, -0.15) is 0 Å². The number of methoxy groups -OCH3 is 2. The molecule has 4 rings (SSSR count). The number of hydrogen-bond donors (Lipinski definition) is 2. The fraction of sp³-hybridized carbons (Fsp3) is 0.381. The van der Waals surface area contributed by atoms with Crippen LogP contribution in [0.2, 0.25) is 0 Å². The molecule has 3 aromatic rings. The Morgan fingerprint density at radius 3 is 2.87 bits per heavy atom. The molecule has 1 aliphatic heterocycles. The molecule has 1 aromatic carbocycles. The lowest BCUT2D eigenvalue weighted by molar-refractivity contribution is 0.102. The van der Waals surface area contributed by atoms with Crippen molar-refractivity contribution < 1.29 is 19.0 Å². The molecular formula is C21H25N5O4S. The fourth-order valence-electron chi connectivity index (χ4n) is 3.36. The quantitative estimate of drug-likeness (QED) is 0.513. The molecule has 10 heteroatoms. The number of nitrogens with zero attached hydrogens (tertiary/aromatic N) is 3. The number of anilines is 3. The standard InChI is InChI=1S/C21H25N5O4S/c1-28-10-7-23-17-13-14(5-6-22-17)20(27)25-21-24-18-16(29-2)4-3-15(19(18)31-21)26-8-11-30-12-9-26/h3-6,13H,7-12H2,1-2H3,(H,22,23)(H,24,25,27). The zero-order valence-corrected chi connectivity index (χ0v) is 18.3. The minimum atomic E-state index is -0.247. The number of hydrogen-bond acceptors (Lipinski definition) is 9. The second kappa shape index (κ2) is 9.90. The Morgan fingerprint density at radius 2 is 2.10 bits per heavy atom. The van der Waals surface area contributed by atoms with E-state index in [0.717, 1.165) is 29.0 Å². The van der Waals surface area contributed by atoms with Crippen LogP contribution in [-0.2, 0) is 9.47 Å². The monoisotopic (exact) mass is 443 g/mol. The molecule has 2 aromatic heterocycles. The van der Waals surface area contributed by atoms with E-state index in [2.05, 4.69) is 25.5 Å². The number of pyridine rings is 1. The third-order valence-electron chi connectivity index (χ3n) is 4.91. The van der Waals surface area contributed by atoms with Crippen molar-refractivity contribution in [2.45, 2.75) is 0 Å². The molecule has 2 N–H and O–H groups in total. The molecular weight excluding hydrogens is 418 g/mol. The van der Waals surface area contributed by atoms with Crippen LogP contribution in [0.5, 0.6) is 5.75 Å². The van der Waals surface area contributed by atoms with Crippen LogP contribution in [0, 0.1) is 0 Å². The highest BCUT2D eigenvalue weighted by molar-refractivity contribution is 7.23. The minimum Gasteiger partial charge on any atom is -0.494 e. The van der Waals surface area contributed by atoms with Crippen LogP contribution in [0.3, 0.4) is 0 Å². The second-order valence-corrected chi connectivity index (χ2v) is 7.89. The molecule has 9 nitrogen and oxygen atoms in total. The van der Waals surface area contributed by atoms with Crippen molar-refractivity contribution in [3.63, 3.8) is 0 Å². The van der Waals surface area contributed by atoms with Crippen LogP contribution >= 0.6 is 11.3 Å². The SMILES string of the molecule is COCCNc1cc(C(=O)Nc2nc3c(OC)ccc(N4CCOCC4)c3s2)ccn1. The predicted molar refractivity (Wildman–Crippen MR) is 122 cm³/mol. The van der Waals surface area contributed by atoms with Crippen molar-refractivity contribution in [3.05, 3.63) is 36.0 Å². The Bertz CT molecular complexity index is 1050. The number of benzene rings is 1. The molecule has 3 heterocycles. The van der Waals surface area contributed by atoms with Gasteiger partial charge in [-0.05, 0) is 24.3 Å². The van der Waals surface area contributed by atoms with Crippen LogP contribution in [0.4, 0.5) is 16.6 Å². The van der Waals surface area contributed by atoms with E-state index in [-0.39, 0.29) is 5.91 Å². The molecule has 1 amide bonds. The van der Waals surface area contributed by atoms with Crippen molar-refractivity contribution in [1.29, 1.82) is 0 Å². The van der Waals surface area contributed by atoms with Gasteiger partial charge in [0.15, 0.2) is 5.13 Å². The number of rotatable bonds is 8. The van der Waals surface area contributed by atoms with Gasteiger partial charge in [0.25, 0.3) is 5.91 Å². The summed E-state index contributed by atoms with van der Waals surface area (Å²) in [6.45, 7) is 4.18. The highest BCUT2D eigenvalue weighted by atomic mass is 32.1. The largest absolute Gasteiger partial charge is 0.494 e. The number of carbonyl (C=O) groups excluding carboxylic acids is 1. The summed E-state index contributed by atoms with van der Waals surface area (Å²) in [6, 6.07) is 7.33. The summed E-state index contributed by atoms with van der Waals surface area (Å²) in [4.78, 5) is 24.0. The summed E-state index contributed by atoms with van der Waals surface area (Å²) < 4.78 is 17.0. The van der Waals surface area contributed by atoms with Gasteiger partial charge < -0.3 is 24.4 Å². The molecule has 0 unspecified atom stereocenters. The lowest BCUT2D eigenvalue weighted by Crippen LogP contribution is -2.36. The number of thiazole rings is 1. The third kappa shape index (κ3) is 4.87. The zero-order valence-electron chi connectivity index (χ0n) is 17.5. The van der Waals surface area contributed by atoms with Crippen molar-refractivity contribution >= 4 is 44.1 Å². The van der Waals surface area contributed by atoms with Crippen molar-refractivity contribution in [2.24, 2.45) is 0 Å². The van der Waals surface area contributed by atoms with Gasteiger partial charge >= 0.3 is 0 Å². The number of amides is 1. The second-order valence-electron chi connectivity index (χ2n) is 6.89. The average molecular weight is 444 g/mol. The minimum absolute atomic E-state index is 0.247. The molecule has 0 saturated carbocycles. The highest BCUT2D eigenvalue weighted by Gasteiger charge is 2.20. The van der Waals surface area contributed by atoms with Crippen LogP contribution in [0.25, 0.3) is 10.2 Å². The first-order valence-corrected chi connectivity index (χ1v) is 10.8. The van der Waals surface area contributed by atoms with E-state index < -0.39 is 0 Å². The number of fused-ring (bicyclic) bond motifs is 1. The summed E-state index contributed by atoms with van der Waals surface area (Å²) in [6.07, 6.45) is 1.60. The van der Waals surface area contributed by atoms with Gasteiger partial charge in [-0.3, -0.25) is 10.1 Å². The topological polar surface area (TPSA) is 97.8 Å². The maximum Gasteiger partial charge on any atom is 0.257 e. The highest BCUT2D eigenvalue weighted by Crippen LogP contribution is 2.39. The third-order valence-corrected chi connectivity index (χ3v) is 5.91. The molecule has 1 aliphatic rings. The molecule has 0 spiro atoms. The van der Waals surface area contributed by atoms with E-state index >= 15 is 0 Å². The van der Waals surface area contributed by atoms with Crippen LogP contribution in [0.15, 0.2) is 30.5 Å². The summed E-state index contributed by atoms with van der Waals surface area (Å²) in [5.41, 5.74) is 2.31. The van der Waals surface area contributed by atoms with Crippen LogP contribution < -0.4 is 20.3 Å². The predicted octanol–water partition coefficient (Wildman–Crippen LogP) is 2.85. The number of morpholine rings is 1. The van der Waals surface area contributed by atoms with Crippen molar-refractivity contribution in [2.75, 3.05) is 69.2 Å². The summed E-state index contributed by atoms with van der Waals surface area (Å²) in [5.74, 6) is 1.05. The lowest BCUT2D eigenvalue weighted by atomic mass is 10.2. The number of ether oxygens (including phenoxy) is 3. The van der Waals surface area contributed by atoms with E-state index in [0.29, 0.717) is 48.6 Å². The maximum absolute atomic E-state index is 12.8. The summed E-state index contributed by atoms with van der Waals surface area (Å²) in [7, 11) is 3.26. The van der Waals surface area contributed by atoms with Crippen LogP contribution in [-0.4, -0.2) is 69.5 Å². The lowest BCUT2D eigenvalue weighted by Gasteiger charge is -2.29. The Labute approximate surface area is 184 Å². The molecule has 31 heavy (non-hydrogen) atoms. The zero-order chi connectivity index (χ0) is 21.6. The maximum atomic E-state index is 12.8. The first-order chi connectivity index (χ1) is 15.2. The van der Waals surface area contributed by atoms with Gasteiger partial charge in [-0.25, -0.2) is 9.97 Å². The van der Waals surface area contributed by atoms with Gasteiger partial charge in [0.1, 0.15) is 17.1 Å². The molecule has 0 radical (unpaired) electrons. The number of nitrogens with one attached hydrogen (secondary N) is 2. The van der Waals surface area contributed by atoms with Crippen molar-refractivity contribution in [3.8, 4) is 5.75 Å². The molecule has 0 bridgehead atoms. The smallest absolute Gasteiger partial charge is 0.257 e. The molecule has 1 saturated heterocycles. The van der Waals surface area contributed by atoms with Gasteiger partial charge in [-0.15, -0.1) is 0 Å². The summed E-state index contributed by atoms with van der Waals surface area (Å²) >= 11 is 1.44. The molecule has 0 atom stereocenters.